The highest BCUT2D eigenvalue weighted by Gasteiger charge is 2.34. The molecule has 10 heteroatoms. The predicted molar refractivity (Wildman–Crippen MR) is 66.3 cm³/mol. The van der Waals surface area contributed by atoms with Gasteiger partial charge in [0.15, 0.2) is 0 Å². The van der Waals surface area contributed by atoms with Crippen LogP contribution in [0.2, 0.25) is 0 Å². The number of hydrogen-bond acceptors (Lipinski definition) is 2. The van der Waals surface area contributed by atoms with Crippen LogP contribution in [0.15, 0.2) is 36.4 Å². The van der Waals surface area contributed by atoms with Crippen LogP contribution in [0.25, 0.3) is 11.1 Å². The quantitative estimate of drug-likeness (QED) is 0.688. The zero-order chi connectivity index (χ0) is 18.1. The summed E-state index contributed by atoms with van der Waals surface area (Å²) in [4.78, 5) is 2.98. The molecule has 2 nitrogen and oxygen atoms in total. The minimum absolute atomic E-state index is 0.0557. The molecule has 24 heavy (non-hydrogen) atoms. The first-order valence-corrected chi connectivity index (χ1v) is 6.19. The number of ether oxygens (including phenoxy) is 1. The van der Waals surface area contributed by atoms with E-state index in [1.807, 2.05) is 0 Å². The van der Waals surface area contributed by atoms with Crippen LogP contribution < -0.4 is 4.74 Å². The van der Waals surface area contributed by atoms with E-state index in [-0.39, 0.29) is 11.1 Å². The molecule has 2 aromatic rings. The summed E-state index contributed by atoms with van der Waals surface area (Å²) < 4.78 is 104. The van der Waals surface area contributed by atoms with Gasteiger partial charge in [0.25, 0.3) is 0 Å². The minimum atomic E-state index is -4.89. The van der Waals surface area contributed by atoms with Crippen LogP contribution in [-0.2, 0) is 12.4 Å². The summed E-state index contributed by atoms with van der Waals surface area (Å²) in [7, 11) is 0. The Morgan fingerprint density at radius 3 is 1.83 bits per heavy atom. The maximum Gasteiger partial charge on any atom is 0.433 e. The van der Waals surface area contributed by atoms with Gasteiger partial charge in [-0.2, -0.15) is 35.1 Å². The molecule has 1 aromatic carbocycles. The lowest BCUT2D eigenvalue weighted by atomic mass is 10.0. The number of rotatable bonds is 3. The van der Waals surface area contributed by atoms with E-state index in [9.17, 15) is 35.1 Å². The summed E-state index contributed by atoms with van der Waals surface area (Å²) >= 11 is 0. The van der Waals surface area contributed by atoms with Crippen molar-refractivity contribution in [2.75, 3.05) is 0 Å². The average molecular weight is 357 g/mol. The van der Waals surface area contributed by atoms with Crippen LogP contribution in [-0.4, -0.2) is 11.6 Å². The van der Waals surface area contributed by atoms with Gasteiger partial charge < -0.3 is 4.74 Å². The van der Waals surface area contributed by atoms with Gasteiger partial charge in [0.05, 0.1) is 5.56 Å². The minimum Gasteiger partial charge on any atom is -0.416 e. The maximum atomic E-state index is 12.6. The molecule has 0 aliphatic carbocycles. The van der Waals surface area contributed by atoms with E-state index >= 15 is 0 Å². The first-order chi connectivity index (χ1) is 11.0. The Kier molecular flexibility index (Phi) is 4.68. The second-order valence-corrected chi connectivity index (χ2v) is 4.50. The van der Waals surface area contributed by atoms with Gasteiger partial charge in [0.2, 0.25) is 5.88 Å². The monoisotopic (exact) mass is 357 g/mol. The molecular formula is C14H7F8NO. The molecule has 1 heterocycles. The summed E-state index contributed by atoms with van der Waals surface area (Å²) in [6.07, 6.45) is -9.50. The highest BCUT2D eigenvalue weighted by molar-refractivity contribution is 5.69. The van der Waals surface area contributed by atoms with Crippen molar-refractivity contribution in [2.24, 2.45) is 0 Å². The van der Waals surface area contributed by atoms with Crippen molar-refractivity contribution in [1.82, 2.24) is 4.98 Å². The third-order valence-electron chi connectivity index (χ3n) is 2.87. The lowest BCUT2D eigenvalue weighted by molar-refractivity contribution is -0.142. The SMILES string of the molecule is FC(F)Oc1nc(C(F)(F)F)ccc1-c1ccc(C(F)(F)F)cc1. The molecule has 130 valence electrons. The molecule has 0 aliphatic heterocycles. The van der Waals surface area contributed by atoms with E-state index in [1.54, 1.807) is 0 Å². The highest BCUT2D eigenvalue weighted by Crippen LogP contribution is 2.36. The maximum absolute atomic E-state index is 12.6. The molecule has 0 spiro atoms. The number of aromatic nitrogens is 1. The Bertz CT molecular complexity index is 706. The molecule has 0 bridgehead atoms. The van der Waals surface area contributed by atoms with Crippen molar-refractivity contribution in [3.05, 3.63) is 47.7 Å². The number of alkyl halides is 8. The van der Waals surface area contributed by atoms with Crippen molar-refractivity contribution in [3.8, 4) is 17.0 Å². The molecule has 0 atom stereocenters. The Balaban J connectivity index is 2.48. The largest absolute Gasteiger partial charge is 0.433 e. The number of pyridine rings is 1. The van der Waals surface area contributed by atoms with Crippen LogP contribution in [0.5, 0.6) is 5.88 Å². The van der Waals surface area contributed by atoms with Gasteiger partial charge in [0.1, 0.15) is 5.69 Å². The zero-order valence-corrected chi connectivity index (χ0v) is 11.4. The van der Waals surface area contributed by atoms with E-state index in [0.29, 0.717) is 18.2 Å². The van der Waals surface area contributed by atoms with Crippen molar-refractivity contribution < 1.29 is 39.9 Å². The number of nitrogens with zero attached hydrogens (tertiary/aromatic N) is 1. The lowest BCUT2D eigenvalue weighted by Crippen LogP contribution is -2.12. The Morgan fingerprint density at radius 2 is 1.38 bits per heavy atom. The smallest absolute Gasteiger partial charge is 0.416 e. The Morgan fingerprint density at radius 1 is 0.792 bits per heavy atom. The van der Waals surface area contributed by atoms with Crippen molar-refractivity contribution in [1.29, 1.82) is 0 Å². The number of benzene rings is 1. The fraction of sp³-hybridized carbons (Fsp3) is 0.214. The number of halogens is 8. The van der Waals surface area contributed by atoms with E-state index in [2.05, 4.69) is 9.72 Å². The molecule has 0 radical (unpaired) electrons. The van der Waals surface area contributed by atoms with Gasteiger partial charge in [-0.25, -0.2) is 4.98 Å². The summed E-state index contributed by atoms with van der Waals surface area (Å²) in [6.45, 7) is -3.45. The molecule has 0 fully saturated rings. The molecule has 0 N–H and O–H groups in total. The fourth-order valence-electron chi connectivity index (χ4n) is 1.83. The molecule has 0 unspecified atom stereocenters. The van der Waals surface area contributed by atoms with Crippen LogP contribution in [0, 0.1) is 0 Å². The van der Waals surface area contributed by atoms with Gasteiger partial charge in [-0.05, 0) is 29.8 Å². The van der Waals surface area contributed by atoms with Crippen molar-refractivity contribution in [2.45, 2.75) is 19.0 Å². The van der Waals surface area contributed by atoms with Crippen molar-refractivity contribution >= 4 is 0 Å². The molecule has 0 aliphatic rings. The summed E-state index contributed by atoms with van der Waals surface area (Å²) in [6, 6.07) is 4.50. The number of hydrogen-bond donors (Lipinski definition) is 0. The van der Waals surface area contributed by atoms with E-state index in [4.69, 9.17) is 0 Å². The predicted octanol–water partition coefficient (Wildman–Crippen LogP) is 5.39. The average Bonchev–Trinajstić information content (AvgIpc) is 2.45. The summed E-state index contributed by atoms with van der Waals surface area (Å²) in [5.74, 6) is -1.03. The fourth-order valence-corrected chi connectivity index (χ4v) is 1.83. The Labute approximate surface area is 129 Å². The molecule has 0 saturated carbocycles. The molecule has 2 rings (SSSR count). The van der Waals surface area contributed by atoms with Gasteiger partial charge >= 0.3 is 19.0 Å². The first kappa shape index (κ1) is 18.0. The Hall–Kier alpha value is -2.39. The van der Waals surface area contributed by atoms with Gasteiger partial charge in [-0.15, -0.1) is 0 Å². The third-order valence-corrected chi connectivity index (χ3v) is 2.87. The van der Waals surface area contributed by atoms with E-state index in [1.165, 1.54) is 0 Å². The molecular weight excluding hydrogens is 350 g/mol. The third kappa shape index (κ3) is 4.12. The first-order valence-electron chi connectivity index (χ1n) is 6.19. The van der Waals surface area contributed by atoms with Gasteiger partial charge in [0, 0.05) is 5.56 Å². The van der Waals surface area contributed by atoms with Crippen LogP contribution in [0.4, 0.5) is 35.1 Å². The standard InChI is InChI=1S/C14H7F8NO/c15-12(16)24-11-9(5-6-10(23-11)14(20,21)22)7-1-3-8(4-2-7)13(17,18)19/h1-6,12H. The van der Waals surface area contributed by atoms with E-state index < -0.39 is 36.1 Å². The summed E-state index contributed by atoms with van der Waals surface area (Å²) in [5.41, 5.74) is -2.81. The van der Waals surface area contributed by atoms with Crippen molar-refractivity contribution in [3.63, 3.8) is 0 Å². The van der Waals surface area contributed by atoms with Crippen LogP contribution in [0.3, 0.4) is 0 Å². The van der Waals surface area contributed by atoms with Gasteiger partial charge in [-0.3, -0.25) is 0 Å². The summed E-state index contributed by atoms with van der Waals surface area (Å²) in [5, 5.41) is 0. The van der Waals surface area contributed by atoms with Gasteiger partial charge in [-0.1, -0.05) is 12.1 Å². The molecule has 0 saturated heterocycles. The van der Waals surface area contributed by atoms with Crippen LogP contribution in [0.1, 0.15) is 11.3 Å². The second-order valence-electron chi connectivity index (χ2n) is 4.50. The molecule has 0 amide bonds. The lowest BCUT2D eigenvalue weighted by Gasteiger charge is -2.13. The molecule has 1 aromatic heterocycles. The topological polar surface area (TPSA) is 22.1 Å². The second kappa shape index (κ2) is 6.25. The van der Waals surface area contributed by atoms with E-state index in [0.717, 1.165) is 18.2 Å². The normalized spacial score (nSPS) is 12.5. The highest BCUT2D eigenvalue weighted by atomic mass is 19.4. The van der Waals surface area contributed by atoms with Crippen LogP contribution >= 0.6 is 0 Å². The zero-order valence-electron chi connectivity index (χ0n) is 11.4.